The molecule has 4 heteroatoms. The molecule has 0 fully saturated rings. The average molecular weight is 222 g/mol. The Hall–Kier alpha value is -1.58. The van der Waals surface area contributed by atoms with E-state index in [0.29, 0.717) is 0 Å². The molecule has 0 aliphatic heterocycles. The van der Waals surface area contributed by atoms with Gasteiger partial charge in [-0.2, -0.15) is 0 Å². The van der Waals surface area contributed by atoms with Crippen LogP contribution in [-0.2, 0) is 4.79 Å². The summed E-state index contributed by atoms with van der Waals surface area (Å²) in [4.78, 5) is 14.4. The van der Waals surface area contributed by atoms with E-state index in [-0.39, 0.29) is 6.42 Å². The van der Waals surface area contributed by atoms with Gasteiger partial charge < -0.3 is 10.4 Å². The molecule has 16 heavy (non-hydrogen) atoms. The second kappa shape index (κ2) is 6.82. The maximum absolute atomic E-state index is 10.3. The van der Waals surface area contributed by atoms with Gasteiger partial charge in [-0.15, -0.1) is 0 Å². The molecule has 0 aliphatic rings. The Morgan fingerprint density at radius 3 is 2.94 bits per heavy atom. The summed E-state index contributed by atoms with van der Waals surface area (Å²) in [5.41, 5.74) is 1.18. The first kappa shape index (κ1) is 12.5. The third-order valence-corrected chi connectivity index (χ3v) is 2.29. The monoisotopic (exact) mass is 222 g/mol. The number of carbonyl (C=O) groups is 1. The van der Waals surface area contributed by atoms with E-state index in [9.17, 15) is 4.79 Å². The third kappa shape index (κ3) is 5.34. The van der Waals surface area contributed by atoms with Gasteiger partial charge in [0.2, 0.25) is 0 Å². The third-order valence-electron chi connectivity index (χ3n) is 2.29. The molecule has 0 atom stereocenters. The van der Waals surface area contributed by atoms with Crippen molar-refractivity contribution < 1.29 is 9.90 Å². The fourth-order valence-corrected chi connectivity index (χ4v) is 1.43. The van der Waals surface area contributed by atoms with Crippen molar-refractivity contribution in [2.75, 3.05) is 11.9 Å². The van der Waals surface area contributed by atoms with E-state index < -0.39 is 5.97 Å². The van der Waals surface area contributed by atoms with Gasteiger partial charge in [0.1, 0.15) is 5.82 Å². The summed E-state index contributed by atoms with van der Waals surface area (Å²) in [6.07, 6.45) is 4.71. The number of aryl methyl sites for hydroxylation is 1. The second-order valence-electron chi connectivity index (χ2n) is 3.85. The Labute approximate surface area is 95.7 Å². The fraction of sp³-hybridized carbons (Fsp3) is 0.500. The lowest BCUT2D eigenvalue weighted by Crippen LogP contribution is -2.03. The van der Waals surface area contributed by atoms with Gasteiger partial charge in [-0.1, -0.05) is 6.42 Å². The first-order valence-electron chi connectivity index (χ1n) is 5.57. The van der Waals surface area contributed by atoms with Crippen molar-refractivity contribution in [3.63, 3.8) is 0 Å². The van der Waals surface area contributed by atoms with Gasteiger partial charge in [0, 0.05) is 19.2 Å². The highest BCUT2D eigenvalue weighted by molar-refractivity contribution is 5.66. The Morgan fingerprint density at radius 1 is 1.44 bits per heavy atom. The normalized spacial score (nSPS) is 10.1. The molecule has 4 nitrogen and oxygen atoms in total. The van der Waals surface area contributed by atoms with Crippen molar-refractivity contribution in [1.82, 2.24) is 4.98 Å². The van der Waals surface area contributed by atoms with Crippen LogP contribution in [0.3, 0.4) is 0 Å². The molecule has 2 N–H and O–H groups in total. The van der Waals surface area contributed by atoms with Crippen LogP contribution in [0.25, 0.3) is 0 Å². The summed E-state index contributed by atoms with van der Waals surface area (Å²) >= 11 is 0. The highest BCUT2D eigenvalue weighted by Gasteiger charge is 1.97. The second-order valence-corrected chi connectivity index (χ2v) is 3.85. The topological polar surface area (TPSA) is 62.2 Å². The number of hydrogen-bond donors (Lipinski definition) is 2. The van der Waals surface area contributed by atoms with E-state index in [1.54, 1.807) is 6.20 Å². The molecule has 1 aromatic heterocycles. The Morgan fingerprint density at radius 2 is 2.25 bits per heavy atom. The number of carboxylic acids is 1. The minimum Gasteiger partial charge on any atom is -0.481 e. The Kier molecular flexibility index (Phi) is 5.32. The van der Waals surface area contributed by atoms with Crippen molar-refractivity contribution in [2.45, 2.75) is 32.6 Å². The molecular weight excluding hydrogens is 204 g/mol. The quantitative estimate of drug-likeness (QED) is 0.695. The highest BCUT2D eigenvalue weighted by atomic mass is 16.4. The van der Waals surface area contributed by atoms with Crippen LogP contribution in [0, 0.1) is 6.92 Å². The van der Waals surface area contributed by atoms with Crippen LogP contribution >= 0.6 is 0 Å². The largest absolute Gasteiger partial charge is 0.481 e. The van der Waals surface area contributed by atoms with Crippen LogP contribution in [0.2, 0.25) is 0 Å². The smallest absolute Gasteiger partial charge is 0.303 e. The van der Waals surface area contributed by atoms with Crippen LogP contribution in [0.4, 0.5) is 5.82 Å². The van der Waals surface area contributed by atoms with Crippen molar-refractivity contribution in [3.05, 3.63) is 23.9 Å². The summed E-state index contributed by atoms with van der Waals surface area (Å²) in [5, 5.41) is 11.7. The SMILES string of the molecule is Cc1ccnc(NCCCCCC(=O)O)c1. The van der Waals surface area contributed by atoms with Gasteiger partial charge in [-0.3, -0.25) is 4.79 Å². The molecule has 0 amide bonds. The lowest BCUT2D eigenvalue weighted by Gasteiger charge is -2.05. The molecule has 0 spiro atoms. The van der Waals surface area contributed by atoms with Crippen LogP contribution < -0.4 is 5.32 Å². The number of pyridine rings is 1. The zero-order valence-electron chi connectivity index (χ0n) is 9.57. The zero-order chi connectivity index (χ0) is 11.8. The molecule has 0 unspecified atom stereocenters. The lowest BCUT2D eigenvalue weighted by molar-refractivity contribution is -0.137. The predicted molar refractivity (Wildman–Crippen MR) is 63.6 cm³/mol. The number of anilines is 1. The van der Waals surface area contributed by atoms with Gasteiger partial charge >= 0.3 is 5.97 Å². The highest BCUT2D eigenvalue weighted by Crippen LogP contribution is 2.06. The molecule has 1 heterocycles. The number of hydrogen-bond acceptors (Lipinski definition) is 3. The van der Waals surface area contributed by atoms with Crippen molar-refractivity contribution in [1.29, 1.82) is 0 Å². The zero-order valence-corrected chi connectivity index (χ0v) is 9.57. The van der Waals surface area contributed by atoms with E-state index in [1.165, 1.54) is 5.56 Å². The Bertz CT molecular complexity index is 340. The van der Waals surface area contributed by atoms with Crippen LogP contribution in [-0.4, -0.2) is 22.6 Å². The molecule has 0 aliphatic carbocycles. The summed E-state index contributed by atoms with van der Waals surface area (Å²) in [7, 11) is 0. The first-order valence-corrected chi connectivity index (χ1v) is 5.57. The molecule has 0 saturated carbocycles. The number of aliphatic carboxylic acids is 1. The van der Waals surface area contributed by atoms with Crippen LogP contribution in [0.5, 0.6) is 0 Å². The lowest BCUT2D eigenvalue weighted by atomic mass is 10.2. The van der Waals surface area contributed by atoms with Gasteiger partial charge in [-0.25, -0.2) is 4.98 Å². The molecular formula is C12H18N2O2. The van der Waals surface area contributed by atoms with Crippen molar-refractivity contribution in [3.8, 4) is 0 Å². The maximum atomic E-state index is 10.3. The standard InChI is InChI=1S/C12H18N2O2/c1-10-6-8-14-11(9-10)13-7-4-2-3-5-12(15)16/h6,8-9H,2-5,7H2,1H3,(H,13,14)(H,15,16). The number of carboxylic acid groups (broad SMARTS) is 1. The van der Waals surface area contributed by atoms with Crippen LogP contribution in [0.15, 0.2) is 18.3 Å². The summed E-state index contributed by atoms with van der Waals surface area (Å²) in [6.45, 7) is 2.87. The predicted octanol–water partition coefficient (Wildman–Crippen LogP) is 2.45. The molecule has 0 aromatic carbocycles. The van der Waals surface area contributed by atoms with Crippen molar-refractivity contribution in [2.24, 2.45) is 0 Å². The van der Waals surface area contributed by atoms with E-state index >= 15 is 0 Å². The molecule has 88 valence electrons. The van der Waals surface area contributed by atoms with E-state index in [4.69, 9.17) is 5.11 Å². The van der Waals surface area contributed by atoms with Gasteiger partial charge in [0.25, 0.3) is 0 Å². The van der Waals surface area contributed by atoms with E-state index in [1.807, 2.05) is 19.1 Å². The van der Waals surface area contributed by atoms with Gasteiger partial charge in [-0.05, 0) is 37.5 Å². The van der Waals surface area contributed by atoms with E-state index in [2.05, 4.69) is 10.3 Å². The fourth-order valence-electron chi connectivity index (χ4n) is 1.43. The molecule has 0 bridgehead atoms. The van der Waals surface area contributed by atoms with Crippen LogP contribution in [0.1, 0.15) is 31.2 Å². The number of aromatic nitrogens is 1. The first-order chi connectivity index (χ1) is 7.68. The summed E-state index contributed by atoms with van der Waals surface area (Å²) < 4.78 is 0. The minimum absolute atomic E-state index is 0.267. The molecule has 0 radical (unpaired) electrons. The molecule has 0 saturated heterocycles. The number of rotatable bonds is 7. The van der Waals surface area contributed by atoms with Gasteiger partial charge in [0.15, 0.2) is 0 Å². The number of nitrogens with one attached hydrogen (secondary N) is 1. The Balaban J connectivity index is 2.09. The average Bonchev–Trinajstić information content (AvgIpc) is 2.23. The number of unbranched alkanes of at least 4 members (excludes halogenated alkanes) is 2. The molecule has 1 rings (SSSR count). The minimum atomic E-state index is -0.715. The van der Waals surface area contributed by atoms with Crippen molar-refractivity contribution >= 4 is 11.8 Å². The summed E-state index contributed by atoms with van der Waals surface area (Å²) in [6, 6.07) is 3.95. The summed E-state index contributed by atoms with van der Waals surface area (Å²) in [5.74, 6) is 0.173. The number of nitrogens with zero attached hydrogens (tertiary/aromatic N) is 1. The molecule has 1 aromatic rings. The van der Waals surface area contributed by atoms with E-state index in [0.717, 1.165) is 31.6 Å². The maximum Gasteiger partial charge on any atom is 0.303 e. The van der Waals surface area contributed by atoms with Gasteiger partial charge in [0.05, 0.1) is 0 Å².